The Morgan fingerprint density at radius 2 is 1.62 bits per heavy atom. The minimum atomic E-state index is -4.94. The van der Waals surface area contributed by atoms with E-state index in [4.69, 9.17) is 27.8 Å². The molecule has 1 spiro atoms. The van der Waals surface area contributed by atoms with Crippen LogP contribution in [0, 0.1) is 11.6 Å². The second-order valence-corrected chi connectivity index (χ2v) is 9.25. The van der Waals surface area contributed by atoms with Gasteiger partial charge in [-0.3, -0.25) is 4.90 Å². The minimum Gasteiger partial charge on any atom is -0.447 e. The van der Waals surface area contributed by atoms with Gasteiger partial charge in [-0.2, -0.15) is 18.2 Å². The van der Waals surface area contributed by atoms with Crippen molar-refractivity contribution in [3.8, 4) is 11.5 Å². The summed E-state index contributed by atoms with van der Waals surface area (Å²) in [6.07, 6.45) is -1.26. The van der Waals surface area contributed by atoms with Crippen molar-refractivity contribution in [3.63, 3.8) is 0 Å². The lowest BCUT2D eigenvalue weighted by Crippen LogP contribution is -2.58. The normalized spacial score (nSPS) is 18.0. The molecule has 4 rings (SSSR count). The van der Waals surface area contributed by atoms with Crippen LogP contribution in [0.25, 0.3) is 0 Å². The van der Waals surface area contributed by atoms with Gasteiger partial charge in [0.25, 0.3) is 0 Å². The number of hydrogen-bond donors (Lipinski definition) is 2. The fourth-order valence-corrected chi connectivity index (χ4v) is 5.04. The lowest BCUT2D eigenvalue weighted by Gasteiger charge is -2.46. The van der Waals surface area contributed by atoms with Crippen LogP contribution in [0.2, 0.25) is 5.02 Å². The summed E-state index contributed by atoms with van der Waals surface area (Å²) in [6, 6.07) is 3.24. The van der Waals surface area contributed by atoms with Crippen molar-refractivity contribution < 1.29 is 26.7 Å². The Morgan fingerprint density at radius 3 is 2.21 bits per heavy atom. The molecule has 0 radical (unpaired) electrons. The van der Waals surface area contributed by atoms with Crippen LogP contribution in [0.5, 0.6) is 11.5 Å². The summed E-state index contributed by atoms with van der Waals surface area (Å²) < 4.78 is 73.9. The number of halogens is 7. The summed E-state index contributed by atoms with van der Waals surface area (Å²) in [7, 11) is 0. The van der Waals surface area contributed by atoms with Gasteiger partial charge in [0, 0.05) is 4.47 Å². The highest BCUT2D eigenvalue weighted by molar-refractivity contribution is 9.10. The molecule has 0 bridgehead atoms. The zero-order valence-corrected chi connectivity index (χ0v) is 19.7. The van der Waals surface area contributed by atoms with E-state index >= 15 is 0 Å². The number of nitrogens with zero attached hydrogens (tertiary/aromatic N) is 3. The third kappa shape index (κ3) is 4.52. The number of alkyl halides is 3. The predicted octanol–water partition coefficient (Wildman–Crippen LogP) is 6.30. The molecule has 34 heavy (non-hydrogen) atoms. The van der Waals surface area contributed by atoms with Crippen LogP contribution in [-0.2, 0) is 6.18 Å². The molecule has 0 amide bonds. The third-order valence-corrected chi connectivity index (χ3v) is 6.35. The molecule has 0 unspecified atom stereocenters. The molecule has 0 aromatic heterocycles. The summed E-state index contributed by atoms with van der Waals surface area (Å²) in [4.78, 5) is 10.1. The maximum Gasteiger partial charge on any atom is 0.416 e. The Hall–Kier alpha value is -2.60. The molecule has 1 aliphatic heterocycles. The van der Waals surface area contributed by atoms with E-state index < -0.39 is 34.8 Å². The van der Waals surface area contributed by atoms with E-state index in [-0.39, 0.29) is 40.5 Å². The molecule has 2 aliphatic rings. The fourth-order valence-electron chi connectivity index (χ4n) is 4.21. The van der Waals surface area contributed by atoms with E-state index in [0.29, 0.717) is 17.3 Å². The van der Waals surface area contributed by atoms with Gasteiger partial charge in [0.1, 0.15) is 5.66 Å². The van der Waals surface area contributed by atoms with Gasteiger partial charge >= 0.3 is 6.18 Å². The molecular formula is C21H18BrClF5N5O. The maximum absolute atomic E-state index is 14.6. The van der Waals surface area contributed by atoms with Crippen LogP contribution in [-0.4, -0.2) is 17.6 Å². The van der Waals surface area contributed by atoms with Crippen LogP contribution < -0.4 is 21.1 Å². The SMILES string of the molecule is NC1=NC2(CCCCC2)N(c2cc(Br)cc(Cl)c2Oc2c(F)cc(C(F)(F)F)cc2F)C(N)=N1. The van der Waals surface area contributed by atoms with Crippen molar-refractivity contribution in [2.45, 2.75) is 43.9 Å². The minimum absolute atomic E-state index is 0.0148. The van der Waals surface area contributed by atoms with Crippen LogP contribution in [0.4, 0.5) is 27.6 Å². The smallest absolute Gasteiger partial charge is 0.416 e. The molecule has 6 nitrogen and oxygen atoms in total. The lowest BCUT2D eigenvalue weighted by atomic mass is 9.87. The molecule has 2 aromatic carbocycles. The Bertz CT molecular complexity index is 1170. The van der Waals surface area contributed by atoms with Gasteiger partial charge in [-0.25, -0.2) is 13.8 Å². The Kier molecular flexibility index (Phi) is 6.40. The van der Waals surface area contributed by atoms with Crippen molar-refractivity contribution in [2.75, 3.05) is 4.90 Å². The van der Waals surface area contributed by atoms with Crippen molar-refractivity contribution in [1.29, 1.82) is 0 Å². The van der Waals surface area contributed by atoms with E-state index in [0.717, 1.165) is 19.3 Å². The first-order valence-corrected chi connectivity index (χ1v) is 11.3. The first kappa shape index (κ1) is 24.5. The largest absolute Gasteiger partial charge is 0.447 e. The molecule has 1 fully saturated rings. The average Bonchev–Trinajstić information content (AvgIpc) is 2.71. The molecule has 1 aliphatic carbocycles. The van der Waals surface area contributed by atoms with Crippen LogP contribution >= 0.6 is 27.5 Å². The van der Waals surface area contributed by atoms with Gasteiger partial charge in [-0.05, 0) is 49.9 Å². The lowest BCUT2D eigenvalue weighted by molar-refractivity contribution is -0.138. The standard InChI is InChI=1S/C21H18BrClF5N5O/c22-11-8-12(23)16(34-17-13(24)6-10(7-14(17)25)21(26,27)28)15(9-11)33-19(30)31-18(29)32-20(33)4-2-1-3-5-20/h6-9H,1-5H2,(H4,29,30,31,32). The summed E-state index contributed by atoms with van der Waals surface area (Å²) in [5, 5.41) is -0.0793. The first-order chi connectivity index (χ1) is 15.9. The monoisotopic (exact) mass is 565 g/mol. The number of rotatable bonds is 3. The van der Waals surface area contributed by atoms with Crippen LogP contribution in [0.1, 0.15) is 37.7 Å². The predicted molar refractivity (Wildman–Crippen MR) is 122 cm³/mol. The second kappa shape index (κ2) is 8.88. The van der Waals surface area contributed by atoms with Crippen molar-refractivity contribution in [3.05, 3.63) is 51.0 Å². The molecular weight excluding hydrogens is 549 g/mol. The van der Waals surface area contributed by atoms with E-state index in [2.05, 4.69) is 25.9 Å². The maximum atomic E-state index is 14.6. The molecule has 1 heterocycles. The fraction of sp³-hybridized carbons (Fsp3) is 0.333. The van der Waals surface area contributed by atoms with Gasteiger partial charge in [-0.15, -0.1) is 0 Å². The van der Waals surface area contributed by atoms with Gasteiger partial charge in [0.2, 0.25) is 11.9 Å². The molecule has 13 heteroatoms. The molecule has 2 aromatic rings. The van der Waals surface area contributed by atoms with Gasteiger partial charge in [0.05, 0.1) is 16.3 Å². The number of ether oxygens (including phenoxy) is 1. The number of benzene rings is 2. The molecule has 182 valence electrons. The first-order valence-electron chi connectivity index (χ1n) is 10.1. The summed E-state index contributed by atoms with van der Waals surface area (Å²) in [5.74, 6) is -4.44. The van der Waals surface area contributed by atoms with Crippen molar-refractivity contribution in [1.82, 2.24) is 0 Å². The van der Waals surface area contributed by atoms with E-state index in [1.165, 1.54) is 17.0 Å². The highest BCUT2D eigenvalue weighted by atomic mass is 79.9. The topological polar surface area (TPSA) is 89.2 Å². The Labute approximate surface area is 204 Å². The number of hydrogen-bond acceptors (Lipinski definition) is 6. The van der Waals surface area contributed by atoms with Gasteiger partial charge < -0.3 is 16.2 Å². The molecule has 4 N–H and O–H groups in total. The molecule has 0 saturated heterocycles. The Morgan fingerprint density at radius 1 is 1.00 bits per heavy atom. The highest BCUT2D eigenvalue weighted by Gasteiger charge is 2.44. The number of guanidine groups is 2. The zero-order valence-electron chi connectivity index (χ0n) is 17.4. The zero-order chi connectivity index (χ0) is 24.8. The number of anilines is 1. The number of nitrogens with two attached hydrogens (primary N) is 2. The molecule has 0 atom stereocenters. The third-order valence-electron chi connectivity index (χ3n) is 5.61. The average molecular weight is 567 g/mol. The van der Waals surface area contributed by atoms with E-state index in [1.54, 1.807) is 0 Å². The number of aliphatic imine (C=N–C) groups is 2. The van der Waals surface area contributed by atoms with Crippen molar-refractivity contribution >= 4 is 45.1 Å². The van der Waals surface area contributed by atoms with E-state index in [1.807, 2.05) is 0 Å². The summed E-state index contributed by atoms with van der Waals surface area (Å²) >= 11 is 9.69. The van der Waals surface area contributed by atoms with E-state index in [9.17, 15) is 22.0 Å². The van der Waals surface area contributed by atoms with Crippen LogP contribution in [0.3, 0.4) is 0 Å². The highest BCUT2D eigenvalue weighted by Crippen LogP contribution is 2.48. The Balaban J connectivity index is 1.86. The van der Waals surface area contributed by atoms with Crippen LogP contribution in [0.15, 0.2) is 38.7 Å². The van der Waals surface area contributed by atoms with Gasteiger partial charge in [-0.1, -0.05) is 34.0 Å². The molecule has 1 saturated carbocycles. The quantitative estimate of drug-likeness (QED) is 0.427. The van der Waals surface area contributed by atoms with Crippen molar-refractivity contribution in [2.24, 2.45) is 21.5 Å². The summed E-state index contributed by atoms with van der Waals surface area (Å²) in [5.41, 5.74) is 9.84. The van der Waals surface area contributed by atoms with Gasteiger partial charge in [0.15, 0.2) is 23.1 Å². The second-order valence-electron chi connectivity index (χ2n) is 7.92. The summed E-state index contributed by atoms with van der Waals surface area (Å²) in [6.45, 7) is 0.